The fraction of sp³-hybridized carbons (Fsp3) is 0.548. The molecule has 3 aromatic rings. The van der Waals surface area contributed by atoms with Crippen molar-refractivity contribution >= 4 is 35.0 Å². The number of ether oxygens (including phenoxy) is 3. The molecule has 1 aliphatic heterocycles. The molecule has 55 heavy (non-hydrogen) atoms. The molecule has 1 saturated heterocycles. The zero-order valence-corrected chi connectivity index (χ0v) is 32.2. The Morgan fingerprint density at radius 2 is 1.78 bits per heavy atom. The molecular formula is C42H56N4O9. The van der Waals surface area contributed by atoms with Crippen molar-refractivity contribution < 1.29 is 42.9 Å². The Kier molecular flexibility index (Phi) is 14.8. The summed E-state index contributed by atoms with van der Waals surface area (Å²) < 4.78 is 22.7. The molecule has 5 atom stereocenters. The van der Waals surface area contributed by atoms with Crippen LogP contribution in [0.25, 0.3) is 11.1 Å². The molecule has 2 aromatic carbocycles. The maximum absolute atomic E-state index is 14.4. The van der Waals surface area contributed by atoms with Gasteiger partial charge >= 0.3 is 12.2 Å². The molecule has 2 heterocycles. The predicted octanol–water partition coefficient (Wildman–Crippen LogP) is 6.44. The van der Waals surface area contributed by atoms with E-state index in [0.29, 0.717) is 62.3 Å². The van der Waals surface area contributed by atoms with Crippen molar-refractivity contribution in [1.29, 1.82) is 0 Å². The molecule has 13 nitrogen and oxygen atoms in total. The monoisotopic (exact) mass is 760 g/mol. The van der Waals surface area contributed by atoms with Crippen molar-refractivity contribution in [2.24, 2.45) is 11.8 Å². The van der Waals surface area contributed by atoms with E-state index in [4.69, 9.17) is 18.6 Å². The van der Waals surface area contributed by atoms with E-state index in [1.807, 2.05) is 42.5 Å². The predicted molar refractivity (Wildman–Crippen MR) is 206 cm³/mol. The first-order valence-electron chi connectivity index (χ1n) is 19.4. The number of benzene rings is 2. The quantitative estimate of drug-likeness (QED) is 0.0861. The van der Waals surface area contributed by atoms with E-state index in [9.17, 15) is 24.3 Å². The van der Waals surface area contributed by atoms with Gasteiger partial charge in [0.15, 0.2) is 11.4 Å². The number of hydrogen-bond acceptors (Lipinski definition) is 10. The number of hydrogen-bond donors (Lipinski definition) is 3. The normalized spacial score (nSPS) is 18.7. The summed E-state index contributed by atoms with van der Waals surface area (Å²) in [5.74, 6) is -0.800. The zero-order valence-electron chi connectivity index (χ0n) is 32.2. The third-order valence-electron chi connectivity index (χ3n) is 9.81. The van der Waals surface area contributed by atoms with Crippen molar-refractivity contribution in [3.63, 3.8) is 0 Å². The van der Waals surface area contributed by atoms with E-state index >= 15 is 0 Å². The van der Waals surface area contributed by atoms with Gasteiger partial charge in [-0.2, -0.15) is 0 Å². The Balaban J connectivity index is 1.32. The number of carbonyl (C=O) groups is 4. The molecule has 5 rings (SSSR count). The highest BCUT2D eigenvalue weighted by atomic mass is 16.6. The number of aliphatic hydroxyl groups is 1. The number of aliphatic hydroxyl groups excluding tert-OH is 1. The SMILES string of the molecule is C=CCO[C@@H]1C[C@@H](C(=O)C[C@@H](CCCCNC(=O)OC(C)(C)C)C(O)c2nc3ccccc3o2)N(C(=O)[C@@H](CCc2ccccc2)NC(=O)OCC2CC2)C1. The first-order chi connectivity index (χ1) is 26.4. The number of ketones is 1. The number of likely N-dealkylation sites (tertiary alicyclic amines) is 1. The second-order valence-electron chi connectivity index (χ2n) is 15.6. The smallest absolute Gasteiger partial charge is 0.407 e. The maximum Gasteiger partial charge on any atom is 0.407 e. The van der Waals surface area contributed by atoms with Gasteiger partial charge in [0.1, 0.15) is 23.3 Å². The Morgan fingerprint density at radius 1 is 1.04 bits per heavy atom. The molecule has 0 radical (unpaired) electrons. The fourth-order valence-corrected chi connectivity index (χ4v) is 6.77. The van der Waals surface area contributed by atoms with Crippen molar-refractivity contribution in [1.82, 2.24) is 20.5 Å². The molecule has 0 spiro atoms. The van der Waals surface area contributed by atoms with Gasteiger partial charge in [-0.15, -0.1) is 6.58 Å². The van der Waals surface area contributed by atoms with Crippen LogP contribution in [0.5, 0.6) is 0 Å². The third-order valence-corrected chi connectivity index (χ3v) is 9.81. The van der Waals surface area contributed by atoms with Crippen LogP contribution in [-0.2, 0) is 30.2 Å². The highest BCUT2D eigenvalue weighted by molar-refractivity contribution is 5.93. The molecule has 13 heteroatoms. The maximum atomic E-state index is 14.4. The summed E-state index contributed by atoms with van der Waals surface area (Å²) in [5, 5.41) is 17.2. The number of carbonyl (C=O) groups excluding carboxylic acids is 4. The number of fused-ring (bicyclic) bond motifs is 1. The van der Waals surface area contributed by atoms with Crippen LogP contribution < -0.4 is 10.6 Å². The van der Waals surface area contributed by atoms with E-state index in [0.717, 1.165) is 18.4 Å². The summed E-state index contributed by atoms with van der Waals surface area (Å²) >= 11 is 0. The molecule has 298 valence electrons. The number of nitrogens with one attached hydrogen (secondary N) is 2. The minimum Gasteiger partial charge on any atom is -0.449 e. The van der Waals surface area contributed by atoms with Gasteiger partial charge in [-0.05, 0) is 82.9 Å². The van der Waals surface area contributed by atoms with Crippen LogP contribution in [0.1, 0.15) is 89.7 Å². The number of amides is 3. The molecule has 2 fully saturated rings. The second kappa shape index (κ2) is 19.7. The molecule has 1 saturated carbocycles. The Bertz CT molecular complexity index is 1700. The van der Waals surface area contributed by atoms with Crippen molar-refractivity contribution in [3.05, 3.63) is 78.7 Å². The van der Waals surface area contributed by atoms with E-state index < -0.39 is 53.9 Å². The van der Waals surface area contributed by atoms with Crippen molar-refractivity contribution in [2.45, 2.75) is 108 Å². The number of alkyl carbamates (subject to hydrolysis) is 2. The van der Waals surface area contributed by atoms with Crippen molar-refractivity contribution in [2.75, 3.05) is 26.3 Å². The first kappa shape index (κ1) is 41.4. The van der Waals surface area contributed by atoms with Crippen molar-refractivity contribution in [3.8, 4) is 0 Å². The van der Waals surface area contributed by atoms with Crippen LogP contribution in [0.3, 0.4) is 0 Å². The lowest BCUT2D eigenvalue weighted by atomic mass is 9.88. The Labute approximate surface area is 323 Å². The average molecular weight is 761 g/mol. The minimum atomic E-state index is -1.21. The lowest BCUT2D eigenvalue weighted by molar-refractivity contribution is -0.140. The van der Waals surface area contributed by atoms with E-state index in [1.54, 1.807) is 39.0 Å². The molecule has 0 bridgehead atoms. The van der Waals surface area contributed by atoms with Gasteiger partial charge in [0.2, 0.25) is 11.8 Å². The number of aryl methyl sites for hydroxylation is 1. The van der Waals surface area contributed by atoms with E-state index in [-0.39, 0.29) is 37.7 Å². The zero-order chi connectivity index (χ0) is 39.4. The topological polar surface area (TPSA) is 170 Å². The van der Waals surface area contributed by atoms with Gasteiger partial charge in [-0.3, -0.25) is 9.59 Å². The summed E-state index contributed by atoms with van der Waals surface area (Å²) in [6.45, 7) is 10.2. The number of para-hydroxylation sites is 2. The standard InChI is InChI=1S/C42H56N4O9/c1-5-23-52-31-25-34(46(26-31)39(49)33(21-20-28-13-7-6-8-14-28)45-41(51)53-27-29-18-19-29)35(47)24-30(15-11-12-22-43-40(50)55-42(2,3)4)37(48)38-44-32-16-9-10-17-36(32)54-38/h5-10,13-14,16-17,29-31,33-34,37,48H,1,11-12,15,18-27H2,2-4H3,(H,43,50)(H,45,51)/t30-,31-,33-,34+,37?/m1/s1. The largest absolute Gasteiger partial charge is 0.449 e. The second-order valence-corrected chi connectivity index (χ2v) is 15.6. The van der Waals surface area contributed by atoms with Gasteiger partial charge in [0.25, 0.3) is 0 Å². The van der Waals surface area contributed by atoms with E-state index in [2.05, 4.69) is 22.2 Å². The van der Waals surface area contributed by atoms with Gasteiger partial charge in [-0.1, -0.05) is 55.0 Å². The van der Waals surface area contributed by atoms with Crippen LogP contribution in [0.2, 0.25) is 0 Å². The van der Waals surface area contributed by atoms with Gasteiger partial charge in [0.05, 0.1) is 25.4 Å². The van der Waals surface area contributed by atoms with Crippen LogP contribution in [0, 0.1) is 11.8 Å². The Morgan fingerprint density at radius 3 is 2.49 bits per heavy atom. The number of rotatable bonds is 20. The van der Waals surface area contributed by atoms with E-state index in [1.165, 1.54) is 4.90 Å². The minimum absolute atomic E-state index is 0.0758. The molecule has 1 aliphatic carbocycles. The lowest BCUT2D eigenvalue weighted by Gasteiger charge is -2.30. The fourth-order valence-electron chi connectivity index (χ4n) is 6.77. The summed E-state index contributed by atoms with van der Waals surface area (Å²) in [7, 11) is 0. The van der Waals surface area contributed by atoms with Gasteiger partial charge in [-0.25, -0.2) is 14.6 Å². The molecule has 1 unspecified atom stereocenters. The number of aromatic nitrogens is 1. The molecule has 3 amide bonds. The first-order valence-corrected chi connectivity index (χ1v) is 19.4. The number of oxazole rings is 1. The highest BCUT2D eigenvalue weighted by Crippen LogP contribution is 2.34. The third kappa shape index (κ3) is 12.9. The number of Topliss-reactive ketones (excluding diaryl/α,β-unsaturated/α-hetero) is 1. The van der Waals surface area contributed by atoms with Crippen LogP contribution in [0.4, 0.5) is 9.59 Å². The molecular weight excluding hydrogens is 704 g/mol. The summed E-state index contributed by atoms with van der Waals surface area (Å²) in [4.78, 5) is 59.9. The molecule has 1 aromatic heterocycles. The van der Waals surface area contributed by atoms with Crippen LogP contribution in [-0.4, -0.2) is 89.0 Å². The summed E-state index contributed by atoms with van der Waals surface area (Å²) in [6.07, 6.45) is 3.35. The highest BCUT2D eigenvalue weighted by Gasteiger charge is 2.43. The van der Waals surface area contributed by atoms with Crippen LogP contribution >= 0.6 is 0 Å². The van der Waals surface area contributed by atoms with Crippen LogP contribution in [0.15, 0.2) is 71.7 Å². The lowest BCUT2D eigenvalue weighted by Crippen LogP contribution is -2.52. The molecule has 2 aliphatic rings. The Hall–Kier alpha value is -4.75. The average Bonchev–Trinajstić information content (AvgIpc) is 3.73. The number of unbranched alkanes of at least 4 members (excludes halogenated alkanes) is 1. The summed E-state index contributed by atoms with van der Waals surface area (Å²) in [5.41, 5.74) is 1.49. The molecule has 3 N–H and O–H groups in total. The number of nitrogens with zero attached hydrogens (tertiary/aromatic N) is 2. The van der Waals surface area contributed by atoms with Gasteiger partial charge < -0.3 is 39.3 Å². The van der Waals surface area contributed by atoms with Gasteiger partial charge in [0, 0.05) is 31.8 Å². The summed E-state index contributed by atoms with van der Waals surface area (Å²) in [6, 6.07) is 15.1.